The number of nitrogens with one attached hydrogen (secondary N) is 2. The Balaban J connectivity index is 1.66. The number of likely N-dealkylation sites (N-methyl/N-ethyl adjacent to an activating group) is 2. The summed E-state index contributed by atoms with van der Waals surface area (Å²) in [5.41, 5.74) is 4.52. The molecule has 0 atom stereocenters. The molecule has 0 aliphatic heterocycles. The van der Waals surface area contributed by atoms with E-state index in [0.29, 0.717) is 24.2 Å². The second-order valence-electron chi connectivity index (χ2n) is 8.56. The molecule has 1 heterocycles. The molecule has 34 heavy (non-hydrogen) atoms. The lowest BCUT2D eigenvalue weighted by atomic mass is 10.0. The third kappa shape index (κ3) is 7.19. The van der Waals surface area contributed by atoms with Gasteiger partial charge in [0.1, 0.15) is 6.33 Å². The fraction of sp³-hybridized carbons (Fsp3) is 0.308. The summed E-state index contributed by atoms with van der Waals surface area (Å²) in [5, 5.41) is 5.82. The van der Waals surface area contributed by atoms with Gasteiger partial charge in [-0.2, -0.15) is 0 Å². The Morgan fingerprint density at radius 3 is 1.41 bits per heavy atom. The summed E-state index contributed by atoms with van der Waals surface area (Å²) < 4.78 is 0. The van der Waals surface area contributed by atoms with Gasteiger partial charge in [0.25, 0.3) is 11.8 Å². The first-order valence-corrected chi connectivity index (χ1v) is 11.2. The molecule has 8 heteroatoms. The summed E-state index contributed by atoms with van der Waals surface area (Å²) in [4.78, 5) is 37.4. The van der Waals surface area contributed by atoms with Gasteiger partial charge in [-0.3, -0.25) is 9.59 Å². The molecule has 178 valence electrons. The van der Waals surface area contributed by atoms with Crippen molar-refractivity contribution in [1.29, 1.82) is 0 Å². The fourth-order valence-electron chi connectivity index (χ4n) is 3.25. The summed E-state index contributed by atoms with van der Waals surface area (Å²) >= 11 is 0. The number of nitrogens with zero attached hydrogens (tertiary/aromatic N) is 4. The molecule has 0 aliphatic carbocycles. The minimum Gasteiger partial charge on any atom is -0.351 e. The number of carbonyl (C=O) groups excluding carboxylic acids is 2. The van der Waals surface area contributed by atoms with E-state index in [0.717, 1.165) is 35.6 Å². The predicted molar refractivity (Wildman–Crippen MR) is 135 cm³/mol. The molecular formula is C26H32N6O2. The Bertz CT molecular complexity index is 1010. The van der Waals surface area contributed by atoms with Crippen molar-refractivity contribution in [3.8, 4) is 22.5 Å². The third-order valence-corrected chi connectivity index (χ3v) is 5.24. The van der Waals surface area contributed by atoms with Gasteiger partial charge in [0.2, 0.25) is 0 Å². The summed E-state index contributed by atoms with van der Waals surface area (Å²) in [6.07, 6.45) is 1.52. The zero-order valence-electron chi connectivity index (χ0n) is 20.2. The molecule has 2 N–H and O–H groups in total. The van der Waals surface area contributed by atoms with Crippen molar-refractivity contribution < 1.29 is 9.59 Å². The summed E-state index contributed by atoms with van der Waals surface area (Å²) in [6.45, 7) is 2.77. The van der Waals surface area contributed by atoms with Crippen LogP contribution in [-0.2, 0) is 0 Å². The van der Waals surface area contributed by atoms with Gasteiger partial charge in [-0.15, -0.1) is 0 Å². The van der Waals surface area contributed by atoms with Gasteiger partial charge >= 0.3 is 0 Å². The van der Waals surface area contributed by atoms with Crippen molar-refractivity contribution in [2.75, 3.05) is 54.4 Å². The lowest BCUT2D eigenvalue weighted by molar-refractivity contribution is 0.0943. The fourth-order valence-corrected chi connectivity index (χ4v) is 3.25. The van der Waals surface area contributed by atoms with Gasteiger partial charge in [0.05, 0.1) is 11.4 Å². The minimum atomic E-state index is -0.0948. The summed E-state index contributed by atoms with van der Waals surface area (Å²) in [7, 11) is 7.87. The van der Waals surface area contributed by atoms with E-state index < -0.39 is 0 Å². The molecule has 0 saturated carbocycles. The zero-order valence-corrected chi connectivity index (χ0v) is 20.2. The van der Waals surface area contributed by atoms with Crippen LogP contribution in [0.3, 0.4) is 0 Å². The highest BCUT2D eigenvalue weighted by molar-refractivity contribution is 5.95. The van der Waals surface area contributed by atoms with Crippen molar-refractivity contribution in [3.05, 3.63) is 72.1 Å². The van der Waals surface area contributed by atoms with Crippen molar-refractivity contribution in [3.63, 3.8) is 0 Å². The van der Waals surface area contributed by atoms with E-state index in [9.17, 15) is 9.59 Å². The highest BCUT2D eigenvalue weighted by atomic mass is 16.2. The maximum Gasteiger partial charge on any atom is 0.251 e. The molecular weight excluding hydrogens is 428 g/mol. The van der Waals surface area contributed by atoms with E-state index in [4.69, 9.17) is 0 Å². The average molecular weight is 461 g/mol. The number of hydrogen-bond donors (Lipinski definition) is 2. The van der Waals surface area contributed by atoms with Gasteiger partial charge in [0.15, 0.2) is 0 Å². The van der Waals surface area contributed by atoms with Crippen LogP contribution in [0.2, 0.25) is 0 Å². The van der Waals surface area contributed by atoms with Crippen LogP contribution in [0, 0.1) is 0 Å². The number of carbonyl (C=O) groups is 2. The van der Waals surface area contributed by atoms with Crippen LogP contribution < -0.4 is 10.6 Å². The number of amides is 2. The van der Waals surface area contributed by atoms with Gasteiger partial charge in [0, 0.05) is 48.4 Å². The quantitative estimate of drug-likeness (QED) is 0.483. The van der Waals surface area contributed by atoms with Gasteiger partial charge in [-0.1, -0.05) is 24.3 Å². The number of hydrogen-bond acceptors (Lipinski definition) is 6. The van der Waals surface area contributed by atoms with Crippen LogP contribution in [0.25, 0.3) is 22.5 Å². The van der Waals surface area contributed by atoms with Crippen molar-refractivity contribution in [2.45, 2.75) is 0 Å². The Kier molecular flexibility index (Phi) is 8.84. The second kappa shape index (κ2) is 12.0. The SMILES string of the molecule is CN(C)CCNC(=O)c1ccc(-c2cc(-c3ccc(C(=O)NCCN(C)C)cc3)ncn2)cc1. The normalized spacial score (nSPS) is 11.0. The van der Waals surface area contributed by atoms with Gasteiger partial charge in [-0.25, -0.2) is 9.97 Å². The largest absolute Gasteiger partial charge is 0.351 e. The van der Waals surface area contributed by atoms with Crippen LogP contribution in [0.1, 0.15) is 20.7 Å². The first kappa shape index (κ1) is 25.0. The van der Waals surface area contributed by atoms with Crippen LogP contribution in [0.4, 0.5) is 0 Å². The predicted octanol–water partition coefficient (Wildman–Crippen LogP) is 2.39. The van der Waals surface area contributed by atoms with Crippen molar-refractivity contribution in [1.82, 2.24) is 30.4 Å². The molecule has 0 bridgehead atoms. The molecule has 8 nitrogen and oxygen atoms in total. The van der Waals surface area contributed by atoms with E-state index in [1.165, 1.54) is 6.33 Å². The van der Waals surface area contributed by atoms with Crippen LogP contribution in [-0.4, -0.2) is 86.0 Å². The highest BCUT2D eigenvalue weighted by Crippen LogP contribution is 2.23. The summed E-state index contributed by atoms with van der Waals surface area (Å²) in [6, 6.07) is 16.6. The third-order valence-electron chi connectivity index (χ3n) is 5.24. The van der Waals surface area contributed by atoms with E-state index in [1.807, 2.05) is 68.3 Å². The molecule has 3 rings (SSSR count). The highest BCUT2D eigenvalue weighted by Gasteiger charge is 2.09. The van der Waals surface area contributed by atoms with E-state index in [1.54, 1.807) is 24.3 Å². The lowest BCUT2D eigenvalue weighted by Gasteiger charge is -2.11. The van der Waals surface area contributed by atoms with Gasteiger partial charge < -0.3 is 20.4 Å². The van der Waals surface area contributed by atoms with Crippen molar-refractivity contribution >= 4 is 11.8 Å². The average Bonchev–Trinajstić information content (AvgIpc) is 2.84. The molecule has 0 radical (unpaired) electrons. The maximum absolute atomic E-state index is 12.3. The second-order valence-corrected chi connectivity index (χ2v) is 8.56. The van der Waals surface area contributed by atoms with Crippen molar-refractivity contribution in [2.24, 2.45) is 0 Å². The number of aromatic nitrogens is 2. The Labute approximate surface area is 201 Å². The number of rotatable bonds is 10. The van der Waals surface area contributed by atoms with E-state index in [2.05, 4.69) is 20.6 Å². The molecule has 0 fully saturated rings. The first-order valence-electron chi connectivity index (χ1n) is 11.2. The Morgan fingerprint density at radius 1 is 0.676 bits per heavy atom. The van der Waals surface area contributed by atoms with E-state index in [-0.39, 0.29) is 11.8 Å². The summed E-state index contributed by atoms with van der Waals surface area (Å²) in [5.74, 6) is -0.190. The Morgan fingerprint density at radius 2 is 1.06 bits per heavy atom. The molecule has 1 aromatic heterocycles. The molecule has 0 aliphatic rings. The number of benzene rings is 2. The standard InChI is InChI=1S/C26H32N6O2/c1-31(2)15-13-27-25(33)21-9-5-19(6-10-21)23-17-24(30-18-29-23)20-7-11-22(12-8-20)26(34)28-14-16-32(3)4/h5-12,17-18H,13-16H2,1-4H3,(H,27,33)(H,28,34). The van der Waals surface area contributed by atoms with Crippen LogP contribution >= 0.6 is 0 Å². The zero-order chi connectivity index (χ0) is 24.5. The smallest absolute Gasteiger partial charge is 0.251 e. The molecule has 2 aromatic carbocycles. The Hall–Kier alpha value is -3.62. The molecule has 0 unspecified atom stereocenters. The van der Waals surface area contributed by atoms with E-state index >= 15 is 0 Å². The molecule has 0 saturated heterocycles. The first-order chi connectivity index (χ1) is 16.3. The molecule has 3 aromatic rings. The monoisotopic (exact) mass is 460 g/mol. The minimum absolute atomic E-state index is 0.0948. The molecule has 0 spiro atoms. The topological polar surface area (TPSA) is 90.5 Å². The maximum atomic E-state index is 12.3. The lowest BCUT2D eigenvalue weighted by Crippen LogP contribution is -2.31. The van der Waals surface area contributed by atoms with Crippen LogP contribution in [0.5, 0.6) is 0 Å². The van der Waals surface area contributed by atoms with Gasteiger partial charge in [-0.05, 0) is 58.5 Å². The van der Waals surface area contributed by atoms with Crippen LogP contribution in [0.15, 0.2) is 60.9 Å². The molecule has 2 amide bonds.